The van der Waals surface area contributed by atoms with Crippen LogP contribution in [-0.4, -0.2) is 92.0 Å². The normalized spacial score (nSPS) is 22.1. The van der Waals surface area contributed by atoms with Gasteiger partial charge in [0.1, 0.15) is 5.69 Å². The van der Waals surface area contributed by atoms with Crippen LogP contribution in [0.4, 0.5) is 0 Å². The SMILES string of the molecule is COCCCS(=O)(=O)N1CCN(C(=O)c2ccn(C3CCCNC3)n2)CC1. The van der Waals surface area contributed by atoms with Gasteiger partial charge in [0.15, 0.2) is 0 Å². The van der Waals surface area contributed by atoms with Crippen molar-refractivity contribution in [1.29, 1.82) is 0 Å². The van der Waals surface area contributed by atoms with E-state index in [1.54, 1.807) is 18.1 Å². The van der Waals surface area contributed by atoms with Gasteiger partial charge in [-0.2, -0.15) is 9.40 Å². The van der Waals surface area contributed by atoms with E-state index in [2.05, 4.69) is 10.4 Å². The van der Waals surface area contributed by atoms with Gasteiger partial charge < -0.3 is 15.0 Å². The summed E-state index contributed by atoms with van der Waals surface area (Å²) in [7, 11) is -1.73. The molecule has 1 N–H and O–H groups in total. The standard InChI is InChI=1S/C17H29N5O4S/c1-26-12-3-13-27(24,25)21-10-8-20(9-11-21)17(23)16-5-7-22(19-16)15-4-2-6-18-14-15/h5,7,15,18H,2-4,6,8-14H2,1H3. The van der Waals surface area contributed by atoms with Crippen LogP contribution < -0.4 is 5.32 Å². The molecule has 27 heavy (non-hydrogen) atoms. The van der Waals surface area contributed by atoms with Crippen LogP contribution in [0.1, 0.15) is 35.8 Å². The first-order chi connectivity index (χ1) is 13.0. The van der Waals surface area contributed by atoms with Gasteiger partial charge in [0.05, 0.1) is 11.8 Å². The van der Waals surface area contributed by atoms with Gasteiger partial charge in [-0.1, -0.05) is 0 Å². The van der Waals surface area contributed by atoms with E-state index in [1.807, 2.05) is 10.9 Å². The second-order valence-corrected chi connectivity index (χ2v) is 9.12. The van der Waals surface area contributed by atoms with Crippen LogP contribution in [0.5, 0.6) is 0 Å². The molecular weight excluding hydrogens is 370 g/mol. The van der Waals surface area contributed by atoms with Crippen LogP contribution in [0.3, 0.4) is 0 Å². The molecule has 0 aromatic carbocycles. The number of piperazine rings is 1. The number of piperidine rings is 1. The van der Waals surface area contributed by atoms with Gasteiger partial charge in [-0.05, 0) is 31.9 Å². The van der Waals surface area contributed by atoms with Crippen LogP contribution in [0.15, 0.2) is 12.3 Å². The summed E-state index contributed by atoms with van der Waals surface area (Å²) in [6, 6.07) is 2.04. The predicted octanol–water partition coefficient (Wildman–Crippen LogP) is -0.0683. The van der Waals surface area contributed by atoms with Crippen molar-refractivity contribution in [3.05, 3.63) is 18.0 Å². The predicted molar refractivity (Wildman–Crippen MR) is 101 cm³/mol. The molecule has 3 rings (SSSR count). The van der Waals surface area contributed by atoms with Gasteiger partial charge in [0, 0.05) is 52.6 Å². The Morgan fingerprint density at radius 1 is 1.33 bits per heavy atom. The summed E-state index contributed by atoms with van der Waals surface area (Å²) in [5.74, 6) is -0.0526. The van der Waals surface area contributed by atoms with Crippen LogP contribution >= 0.6 is 0 Å². The monoisotopic (exact) mass is 399 g/mol. The number of amides is 1. The molecular formula is C17H29N5O4S. The Bertz CT molecular complexity index is 721. The molecule has 0 aliphatic carbocycles. The summed E-state index contributed by atoms with van der Waals surface area (Å²) < 4.78 is 32.9. The summed E-state index contributed by atoms with van der Waals surface area (Å²) >= 11 is 0. The highest BCUT2D eigenvalue weighted by Gasteiger charge is 2.30. The van der Waals surface area contributed by atoms with E-state index in [4.69, 9.17) is 4.74 Å². The Kier molecular flexibility index (Phi) is 6.85. The minimum absolute atomic E-state index is 0.0780. The first-order valence-electron chi connectivity index (χ1n) is 9.53. The number of nitrogens with zero attached hydrogens (tertiary/aromatic N) is 4. The lowest BCUT2D eigenvalue weighted by Crippen LogP contribution is -2.51. The van der Waals surface area contributed by atoms with E-state index in [9.17, 15) is 13.2 Å². The smallest absolute Gasteiger partial charge is 0.274 e. The molecule has 1 unspecified atom stereocenters. The molecule has 2 saturated heterocycles. The van der Waals surface area contributed by atoms with Crippen molar-refractivity contribution in [2.24, 2.45) is 0 Å². The molecule has 3 heterocycles. The van der Waals surface area contributed by atoms with Crippen molar-refractivity contribution in [3.8, 4) is 0 Å². The summed E-state index contributed by atoms with van der Waals surface area (Å²) in [6.45, 7) is 3.76. The third-order valence-corrected chi connectivity index (χ3v) is 7.10. The number of rotatable bonds is 7. The molecule has 1 atom stereocenters. The van der Waals surface area contributed by atoms with E-state index >= 15 is 0 Å². The molecule has 1 amide bonds. The minimum atomic E-state index is -3.29. The Labute approximate surface area is 160 Å². The van der Waals surface area contributed by atoms with Crippen LogP contribution in [-0.2, 0) is 14.8 Å². The first kappa shape index (κ1) is 20.2. The topological polar surface area (TPSA) is 96.8 Å². The van der Waals surface area contributed by atoms with Gasteiger partial charge in [-0.3, -0.25) is 9.48 Å². The number of carbonyl (C=O) groups excluding carboxylic acids is 1. The molecule has 9 nitrogen and oxygen atoms in total. The number of sulfonamides is 1. The minimum Gasteiger partial charge on any atom is -0.385 e. The van der Waals surface area contributed by atoms with Gasteiger partial charge in [-0.15, -0.1) is 0 Å². The second-order valence-electron chi connectivity index (χ2n) is 7.03. The maximum atomic E-state index is 12.7. The molecule has 2 aliphatic rings. The largest absolute Gasteiger partial charge is 0.385 e. The lowest BCUT2D eigenvalue weighted by Gasteiger charge is -2.33. The molecule has 1 aromatic heterocycles. The lowest BCUT2D eigenvalue weighted by atomic mass is 10.1. The maximum Gasteiger partial charge on any atom is 0.274 e. The highest BCUT2D eigenvalue weighted by Crippen LogP contribution is 2.17. The van der Waals surface area contributed by atoms with Gasteiger partial charge >= 0.3 is 0 Å². The number of nitrogens with one attached hydrogen (secondary N) is 1. The van der Waals surface area contributed by atoms with Crippen molar-refractivity contribution in [2.45, 2.75) is 25.3 Å². The van der Waals surface area contributed by atoms with E-state index in [1.165, 1.54) is 4.31 Å². The fourth-order valence-electron chi connectivity index (χ4n) is 3.56. The number of hydrogen-bond donors (Lipinski definition) is 1. The molecule has 2 fully saturated rings. The fraction of sp³-hybridized carbons (Fsp3) is 0.765. The molecule has 0 radical (unpaired) electrons. The van der Waals surface area contributed by atoms with Gasteiger partial charge in [0.2, 0.25) is 10.0 Å². The van der Waals surface area contributed by atoms with Crippen LogP contribution in [0, 0.1) is 0 Å². The van der Waals surface area contributed by atoms with Crippen LogP contribution in [0.25, 0.3) is 0 Å². The number of methoxy groups -OCH3 is 1. The van der Waals surface area contributed by atoms with Crippen molar-refractivity contribution in [2.75, 3.05) is 58.7 Å². The third-order valence-electron chi connectivity index (χ3n) is 5.14. The molecule has 1 aromatic rings. The van der Waals surface area contributed by atoms with Crippen molar-refractivity contribution in [3.63, 3.8) is 0 Å². The summed E-state index contributed by atoms with van der Waals surface area (Å²) in [6.07, 6.45) is 4.50. The van der Waals surface area contributed by atoms with Crippen molar-refractivity contribution >= 4 is 15.9 Å². The maximum absolute atomic E-state index is 12.7. The highest BCUT2D eigenvalue weighted by atomic mass is 32.2. The molecule has 0 spiro atoms. The van der Waals surface area contributed by atoms with E-state index in [0.717, 1.165) is 25.9 Å². The van der Waals surface area contributed by atoms with Crippen LogP contribution in [0.2, 0.25) is 0 Å². The van der Waals surface area contributed by atoms with E-state index in [0.29, 0.717) is 44.9 Å². The fourth-order valence-corrected chi connectivity index (χ4v) is 5.02. The molecule has 10 heteroatoms. The summed E-state index contributed by atoms with van der Waals surface area (Å²) in [4.78, 5) is 14.4. The molecule has 0 saturated carbocycles. The van der Waals surface area contributed by atoms with Gasteiger partial charge in [0.25, 0.3) is 5.91 Å². The van der Waals surface area contributed by atoms with Crippen molar-refractivity contribution in [1.82, 2.24) is 24.3 Å². The zero-order valence-electron chi connectivity index (χ0n) is 15.8. The first-order valence-corrected chi connectivity index (χ1v) is 11.1. The quantitative estimate of drug-likeness (QED) is 0.645. The number of ether oxygens (including phenoxy) is 1. The third kappa shape index (κ3) is 5.07. The van der Waals surface area contributed by atoms with E-state index < -0.39 is 10.0 Å². The Hall–Kier alpha value is -1.49. The Morgan fingerprint density at radius 3 is 2.78 bits per heavy atom. The average molecular weight is 400 g/mol. The second kappa shape index (κ2) is 9.13. The average Bonchev–Trinajstić information content (AvgIpc) is 3.18. The zero-order valence-corrected chi connectivity index (χ0v) is 16.7. The number of hydrogen-bond acceptors (Lipinski definition) is 6. The lowest BCUT2D eigenvalue weighted by molar-refractivity contribution is 0.0690. The molecule has 152 valence electrons. The summed E-state index contributed by atoms with van der Waals surface area (Å²) in [5, 5.41) is 7.81. The van der Waals surface area contributed by atoms with Gasteiger partial charge in [-0.25, -0.2) is 8.42 Å². The van der Waals surface area contributed by atoms with E-state index in [-0.39, 0.29) is 17.7 Å². The number of aromatic nitrogens is 2. The Balaban J connectivity index is 1.53. The number of carbonyl (C=O) groups is 1. The Morgan fingerprint density at radius 2 is 2.11 bits per heavy atom. The molecule has 2 aliphatic heterocycles. The summed E-state index contributed by atoms with van der Waals surface area (Å²) in [5.41, 5.74) is 0.428. The highest BCUT2D eigenvalue weighted by molar-refractivity contribution is 7.89. The van der Waals surface area contributed by atoms with Crippen molar-refractivity contribution < 1.29 is 17.9 Å². The molecule has 0 bridgehead atoms. The zero-order chi connectivity index (χ0) is 19.3.